The maximum Gasteiger partial charge on any atom is 0.183 e. The van der Waals surface area contributed by atoms with Gasteiger partial charge in [-0.25, -0.2) is 4.98 Å². The number of benzene rings is 2. The number of thiazole rings is 1. The van der Waals surface area contributed by atoms with Gasteiger partial charge in [0.15, 0.2) is 5.13 Å². The Balaban J connectivity index is 1.62. The van der Waals surface area contributed by atoms with Gasteiger partial charge in [0.25, 0.3) is 0 Å². The van der Waals surface area contributed by atoms with Crippen LogP contribution in [0.3, 0.4) is 0 Å². The molecule has 0 saturated carbocycles. The summed E-state index contributed by atoms with van der Waals surface area (Å²) < 4.78 is 1.13. The van der Waals surface area contributed by atoms with Gasteiger partial charge in [0, 0.05) is 11.1 Å². The third-order valence-corrected chi connectivity index (χ3v) is 4.61. The molecule has 0 aliphatic rings. The van der Waals surface area contributed by atoms with Crippen molar-refractivity contribution in [3.8, 4) is 0 Å². The minimum Gasteiger partial charge on any atom is -0.359 e. The third kappa shape index (κ3) is 3.74. The van der Waals surface area contributed by atoms with Crippen molar-refractivity contribution in [1.29, 1.82) is 0 Å². The summed E-state index contributed by atoms with van der Waals surface area (Å²) in [6.07, 6.45) is 2.16. The van der Waals surface area contributed by atoms with Gasteiger partial charge in [-0.1, -0.05) is 53.3 Å². The molecule has 1 N–H and O–H groups in total. The number of nitrogens with one attached hydrogen (secondary N) is 1. The van der Waals surface area contributed by atoms with E-state index in [0.717, 1.165) is 33.2 Å². The first-order valence-electron chi connectivity index (χ1n) is 7.07. The molecule has 0 bridgehead atoms. The fourth-order valence-electron chi connectivity index (χ4n) is 2.27. The lowest BCUT2D eigenvalue weighted by Crippen LogP contribution is -2.15. The molecule has 0 radical (unpaired) electrons. The Kier molecular flexibility index (Phi) is 4.42. The van der Waals surface area contributed by atoms with Gasteiger partial charge in [0.2, 0.25) is 0 Å². The van der Waals surface area contributed by atoms with E-state index in [1.807, 2.05) is 18.2 Å². The van der Waals surface area contributed by atoms with Gasteiger partial charge in [0.05, 0.1) is 10.2 Å². The quantitative estimate of drug-likeness (QED) is 0.683. The summed E-state index contributed by atoms with van der Waals surface area (Å²) in [6.45, 7) is 2.20. The molecule has 1 aromatic heterocycles. The van der Waals surface area contributed by atoms with E-state index >= 15 is 0 Å². The van der Waals surface area contributed by atoms with Gasteiger partial charge in [0.1, 0.15) is 0 Å². The highest BCUT2D eigenvalue weighted by Crippen LogP contribution is 2.28. The Morgan fingerprint density at radius 1 is 1.19 bits per heavy atom. The van der Waals surface area contributed by atoms with Crippen LogP contribution >= 0.6 is 22.9 Å². The molecule has 0 amide bonds. The fourth-order valence-corrected chi connectivity index (χ4v) is 3.52. The summed E-state index contributed by atoms with van der Waals surface area (Å²) in [6, 6.07) is 16.8. The summed E-state index contributed by atoms with van der Waals surface area (Å²) in [7, 11) is 0. The Bertz CT molecular complexity index is 724. The molecule has 21 heavy (non-hydrogen) atoms. The lowest BCUT2D eigenvalue weighted by atomic mass is 10.1. The minimum absolute atomic E-state index is 0.390. The van der Waals surface area contributed by atoms with Crippen LogP contribution in [0.1, 0.15) is 18.9 Å². The molecule has 1 unspecified atom stereocenters. The van der Waals surface area contributed by atoms with Crippen LogP contribution in [0.25, 0.3) is 10.2 Å². The van der Waals surface area contributed by atoms with E-state index in [1.165, 1.54) is 5.56 Å². The molecule has 0 fully saturated rings. The highest BCUT2D eigenvalue weighted by molar-refractivity contribution is 7.22. The largest absolute Gasteiger partial charge is 0.359 e. The van der Waals surface area contributed by atoms with Gasteiger partial charge in [-0.3, -0.25) is 0 Å². The monoisotopic (exact) mass is 316 g/mol. The highest BCUT2D eigenvalue weighted by atomic mass is 35.5. The van der Waals surface area contributed by atoms with E-state index in [2.05, 4.69) is 47.6 Å². The smallest absolute Gasteiger partial charge is 0.183 e. The zero-order valence-corrected chi connectivity index (χ0v) is 13.4. The number of halogens is 1. The first-order valence-corrected chi connectivity index (χ1v) is 8.27. The SMILES string of the molecule is CC(CCc1ccccc1)Nc1nc2ccc(Cl)cc2s1. The number of nitrogens with zero attached hydrogens (tertiary/aromatic N) is 1. The van der Waals surface area contributed by atoms with E-state index in [1.54, 1.807) is 11.3 Å². The van der Waals surface area contributed by atoms with Gasteiger partial charge < -0.3 is 5.32 Å². The van der Waals surface area contributed by atoms with E-state index in [0.29, 0.717) is 6.04 Å². The number of aryl methyl sites for hydroxylation is 1. The van der Waals surface area contributed by atoms with E-state index in [-0.39, 0.29) is 0 Å². The molecule has 0 spiro atoms. The molecule has 1 heterocycles. The molecular weight excluding hydrogens is 300 g/mol. The van der Waals surface area contributed by atoms with E-state index < -0.39 is 0 Å². The van der Waals surface area contributed by atoms with Crippen molar-refractivity contribution in [3.63, 3.8) is 0 Å². The Morgan fingerprint density at radius 2 is 2.00 bits per heavy atom. The van der Waals surface area contributed by atoms with Crippen molar-refractivity contribution in [2.75, 3.05) is 5.32 Å². The topological polar surface area (TPSA) is 24.9 Å². The van der Waals surface area contributed by atoms with Crippen LogP contribution < -0.4 is 5.32 Å². The number of aromatic nitrogens is 1. The summed E-state index contributed by atoms with van der Waals surface area (Å²) in [5.41, 5.74) is 2.38. The van der Waals surface area contributed by atoms with Crippen molar-refractivity contribution in [2.45, 2.75) is 25.8 Å². The minimum atomic E-state index is 0.390. The van der Waals surface area contributed by atoms with Crippen molar-refractivity contribution < 1.29 is 0 Å². The van der Waals surface area contributed by atoms with Crippen LogP contribution in [0.2, 0.25) is 5.02 Å². The average Bonchev–Trinajstić information content (AvgIpc) is 2.87. The summed E-state index contributed by atoms with van der Waals surface area (Å²) in [4.78, 5) is 4.60. The first-order chi connectivity index (χ1) is 10.2. The fraction of sp³-hybridized carbons (Fsp3) is 0.235. The maximum absolute atomic E-state index is 6.01. The van der Waals surface area contributed by atoms with Gasteiger partial charge in [-0.15, -0.1) is 0 Å². The maximum atomic E-state index is 6.01. The third-order valence-electron chi connectivity index (χ3n) is 3.43. The average molecular weight is 317 g/mol. The summed E-state index contributed by atoms with van der Waals surface area (Å²) in [5, 5.41) is 5.21. The molecule has 2 nitrogen and oxygen atoms in total. The van der Waals surface area contributed by atoms with E-state index in [4.69, 9.17) is 11.6 Å². The van der Waals surface area contributed by atoms with Crippen LogP contribution in [0.5, 0.6) is 0 Å². The normalized spacial score (nSPS) is 12.5. The number of rotatable bonds is 5. The molecular formula is C17H17ClN2S. The second-order valence-corrected chi connectivity index (χ2v) is 6.67. The predicted octanol–water partition coefficient (Wildman–Crippen LogP) is 5.38. The number of anilines is 1. The van der Waals surface area contributed by atoms with Gasteiger partial charge >= 0.3 is 0 Å². The Hall–Kier alpha value is -1.58. The number of fused-ring (bicyclic) bond motifs is 1. The Labute approximate surface area is 133 Å². The Morgan fingerprint density at radius 3 is 2.81 bits per heavy atom. The van der Waals surface area contributed by atoms with Crippen LogP contribution in [-0.4, -0.2) is 11.0 Å². The molecule has 1 atom stereocenters. The van der Waals surface area contributed by atoms with Gasteiger partial charge in [-0.2, -0.15) is 0 Å². The van der Waals surface area contributed by atoms with Crippen LogP contribution in [-0.2, 0) is 6.42 Å². The molecule has 4 heteroatoms. The molecule has 3 aromatic rings. The second-order valence-electron chi connectivity index (χ2n) is 5.20. The zero-order valence-electron chi connectivity index (χ0n) is 11.8. The van der Waals surface area contributed by atoms with Crippen molar-refractivity contribution in [1.82, 2.24) is 4.98 Å². The predicted molar refractivity (Wildman–Crippen MR) is 92.5 cm³/mol. The highest BCUT2D eigenvalue weighted by Gasteiger charge is 2.08. The lowest BCUT2D eigenvalue weighted by molar-refractivity contribution is 0.705. The standard InChI is InChI=1S/C17H17ClN2S/c1-12(7-8-13-5-3-2-4-6-13)19-17-20-15-10-9-14(18)11-16(15)21-17/h2-6,9-12H,7-8H2,1H3,(H,19,20). The lowest BCUT2D eigenvalue weighted by Gasteiger charge is -2.12. The van der Waals surface area contributed by atoms with Crippen LogP contribution in [0.15, 0.2) is 48.5 Å². The van der Waals surface area contributed by atoms with Crippen molar-refractivity contribution >= 4 is 38.3 Å². The van der Waals surface area contributed by atoms with Crippen LogP contribution in [0.4, 0.5) is 5.13 Å². The number of hydrogen-bond acceptors (Lipinski definition) is 3. The van der Waals surface area contributed by atoms with Crippen LogP contribution in [0, 0.1) is 0 Å². The van der Waals surface area contributed by atoms with Gasteiger partial charge in [-0.05, 0) is 43.5 Å². The van der Waals surface area contributed by atoms with E-state index in [9.17, 15) is 0 Å². The summed E-state index contributed by atoms with van der Waals surface area (Å²) in [5.74, 6) is 0. The molecule has 3 rings (SSSR count). The summed E-state index contributed by atoms with van der Waals surface area (Å²) >= 11 is 7.66. The number of hydrogen-bond donors (Lipinski definition) is 1. The molecule has 0 aliphatic heterocycles. The molecule has 0 aliphatic carbocycles. The zero-order chi connectivity index (χ0) is 14.7. The van der Waals surface area contributed by atoms with Crippen molar-refractivity contribution in [3.05, 3.63) is 59.1 Å². The second kappa shape index (κ2) is 6.46. The molecule has 108 valence electrons. The van der Waals surface area contributed by atoms with Crippen molar-refractivity contribution in [2.24, 2.45) is 0 Å². The molecule has 0 saturated heterocycles. The first kappa shape index (κ1) is 14.4. The molecule has 2 aromatic carbocycles.